The zero-order valence-corrected chi connectivity index (χ0v) is 17.9. The number of benzene rings is 1. The van der Waals surface area contributed by atoms with Crippen LogP contribution in [0.1, 0.15) is 25.0 Å². The van der Waals surface area contributed by atoms with Gasteiger partial charge in [-0.2, -0.15) is 11.3 Å². The van der Waals surface area contributed by atoms with Gasteiger partial charge in [-0.25, -0.2) is 10.0 Å². The van der Waals surface area contributed by atoms with Gasteiger partial charge < -0.3 is 4.90 Å². The average Bonchev–Trinajstić information content (AvgIpc) is 3.29. The lowest BCUT2D eigenvalue weighted by molar-refractivity contribution is 0.0370. The zero-order chi connectivity index (χ0) is 19.7. The summed E-state index contributed by atoms with van der Waals surface area (Å²) in [5.74, 6) is 1.05. The van der Waals surface area contributed by atoms with Crippen LogP contribution >= 0.6 is 11.3 Å². The van der Waals surface area contributed by atoms with Crippen molar-refractivity contribution >= 4 is 28.7 Å². The number of allylic oxidation sites excluding steroid dienone is 1. The molecule has 0 amide bonds. The fourth-order valence-electron chi connectivity index (χ4n) is 4.15. The molecular weight excluding hydrogens is 364 g/mol. The van der Waals surface area contributed by atoms with Gasteiger partial charge >= 0.3 is 0 Å². The molecule has 146 valence electrons. The summed E-state index contributed by atoms with van der Waals surface area (Å²) in [7, 11) is 4.29. The molecule has 4 rings (SSSR count). The Labute approximate surface area is 172 Å². The standard InChI is InChI=1S/C23H28N4S/c1-23(2,16-25(3)4)17-26-14-21(18-8-6-5-7-9-18)22-24-12-20(13-27(22)26)19-10-11-28-15-19/h5-13,15H,14,16-17H2,1-4H3. The summed E-state index contributed by atoms with van der Waals surface area (Å²) in [6.07, 6.45) is 4.25. The molecule has 2 aromatic rings. The summed E-state index contributed by atoms with van der Waals surface area (Å²) in [6, 6.07) is 12.8. The fourth-order valence-corrected chi connectivity index (χ4v) is 4.81. The van der Waals surface area contributed by atoms with Gasteiger partial charge in [-0.1, -0.05) is 44.2 Å². The fraction of sp³-hybridized carbons (Fsp3) is 0.348. The van der Waals surface area contributed by atoms with Crippen LogP contribution in [0.5, 0.6) is 0 Å². The molecule has 0 aliphatic carbocycles. The first-order chi connectivity index (χ1) is 13.4. The monoisotopic (exact) mass is 392 g/mol. The molecule has 0 bridgehead atoms. The molecule has 28 heavy (non-hydrogen) atoms. The third-order valence-electron chi connectivity index (χ3n) is 5.05. The highest BCUT2D eigenvalue weighted by Crippen LogP contribution is 2.37. The minimum atomic E-state index is 0.165. The van der Waals surface area contributed by atoms with Crippen LogP contribution in [-0.4, -0.2) is 54.9 Å². The predicted octanol–water partition coefficient (Wildman–Crippen LogP) is 4.66. The number of rotatable bonds is 6. The van der Waals surface area contributed by atoms with Crippen LogP contribution < -0.4 is 0 Å². The Morgan fingerprint density at radius 1 is 1.11 bits per heavy atom. The number of hydrazine groups is 1. The summed E-state index contributed by atoms with van der Waals surface area (Å²) in [5.41, 5.74) is 5.10. The molecule has 2 aliphatic rings. The molecule has 2 aliphatic heterocycles. The summed E-state index contributed by atoms with van der Waals surface area (Å²) < 4.78 is 0. The van der Waals surface area contributed by atoms with E-state index in [0.29, 0.717) is 0 Å². The van der Waals surface area contributed by atoms with Crippen LogP contribution in [0.15, 0.2) is 64.2 Å². The molecule has 0 radical (unpaired) electrons. The second kappa shape index (κ2) is 7.66. The Bertz CT molecular complexity index is 907. The summed E-state index contributed by atoms with van der Waals surface area (Å²) in [4.78, 5) is 7.16. The molecule has 1 aromatic carbocycles. The summed E-state index contributed by atoms with van der Waals surface area (Å²) >= 11 is 1.72. The first-order valence-corrected chi connectivity index (χ1v) is 10.6. The largest absolute Gasteiger partial charge is 0.309 e. The van der Waals surface area contributed by atoms with Crippen molar-refractivity contribution in [3.8, 4) is 0 Å². The lowest BCUT2D eigenvalue weighted by Crippen LogP contribution is -2.44. The molecule has 3 heterocycles. The van der Waals surface area contributed by atoms with Gasteiger partial charge in [0.2, 0.25) is 0 Å². The Kier molecular flexibility index (Phi) is 5.23. The third-order valence-corrected chi connectivity index (χ3v) is 5.73. The van der Waals surface area contributed by atoms with Crippen LogP contribution in [-0.2, 0) is 0 Å². The maximum atomic E-state index is 4.89. The van der Waals surface area contributed by atoms with Crippen LogP contribution in [0.3, 0.4) is 0 Å². The predicted molar refractivity (Wildman–Crippen MR) is 120 cm³/mol. The smallest absolute Gasteiger partial charge is 0.152 e. The van der Waals surface area contributed by atoms with Gasteiger partial charge in [0.15, 0.2) is 5.82 Å². The summed E-state index contributed by atoms with van der Waals surface area (Å²) in [5, 5.41) is 9.00. The highest BCUT2D eigenvalue weighted by atomic mass is 32.1. The van der Waals surface area contributed by atoms with Crippen LogP contribution in [0.4, 0.5) is 0 Å². The van der Waals surface area contributed by atoms with E-state index in [4.69, 9.17) is 4.99 Å². The van der Waals surface area contributed by atoms with Crippen molar-refractivity contribution in [1.29, 1.82) is 0 Å². The van der Waals surface area contributed by atoms with Gasteiger partial charge in [0.05, 0.1) is 0 Å². The molecule has 5 heteroatoms. The van der Waals surface area contributed by atoms with Crippen molar-refractivity contribution in [2.75, 3.05) is 33.7 Å². The molecule has 0 saturated heterocycles. The van der Waals surface area contributed by atoms with Gasteiger partial charge in [-0.3, -0.25) is 5.01 Å². The number of hydrogen-bond donors (Lipinski definition) is 0. The van der Waals surface area contributed by atoms with Crippen molar-refractivity contribution in [3.05, 3.63) is 70.3 Å². The van der Waals surface area contributed by atoms with E-state index in [1.165, 1.54) is 16.7 Å². The normalized spacial score (nSPS) is 17.5. The Morgan fingerprint density at radius 3 is 2.57 bits per heavy atom. The second-order valence-corrected chi connectivity index (χ2v) is 9.37. The molecule has 4 nitrogen and oxygen atoms in total. The van der Waals surface area contributed by atoms with Crippen LogP contribution in [0.2, 0.25) is 0 Å². The lowest BCUT2D eigenvalue weighted by Gasteiger charge is -2.37. The van der Waals surface area contributed by atoms with E-state index in [2.05, 4.69) is 96.2 Å². The molecule has 0 unspecified atom stereocenters. The highest BCUT2D eigenvalue weighted by molar-refractivity contribution is 7.08. The van der Waals surface area contributed by atoms with E-state index < -0.39 is 0 Å². The Morgan fingerprint density at radius 2 is 1.89 bits per heavy atom. The topological polar surface area (TPSA) is 22.1 Å². The van der Waals surface area contributed by atoms with E-state index in [0.717, 1.165) is 31.0 Å². The second-order valence-electron chi connectivity index (χ2n) is 8.59. The quantitative estimate of drug-likeness (QED) is 0.714. The first-order valence-electron chi connectivity index (χ1n) is 9.69. The molecular formula is C23H28N4S. The molecule has 0 atom stereocenters. The van der Waals surface area contributed by atoms with Crippen molar-refractivity contribution in [2.45, 2.75) is 13.8 Å². The number of fused-ring (bicyclic) bond motifs is 1. The molecule has 0 saturated carbocycles. The Balaban J connectivity index is 1.68. The number of thiophene rings is 1. The average molecular weight is 393 g/mol. The summed E-state index contributed by atoms with van der Waals surface area (Å²) in [6.45, 7) is 7.56. The first kappa shape index (κ1) is 19.1. The van der Waals surface area contributed by atoms with E-state index in [-0.39, 0.29) is 5.41 Å². The lowest BCUT2D eigenvalue weighted by atomic mass is 9.92. The van der Waals surface area contributed by atoms with E-state index >= 15 is 0 Å². The highest BCUT2D eigenvalue weighted by Gasteiger charge is 2.35. The Hall–Kier alpha value is -2.21. The van der Waals surface area contributed by atoms with E-state index in [1.54, 1.807) is 11.3 Å². The van der Waals surface area contributed by atoms with Gasteiger partial charge in [0.25, 0.3) is 0 Å². The zero-order valence-electron chi connectivity index (χ0n) is 17.1. The van der Waals surface area contributed by atoms with Crippen molar-refractivity contribution in [1.82, 2.24) is 14.9 Å². The molecule has 0 spiro atoms. The van der Waals surface area contributed by atoms with Crippen LogP contribution in [0, 0.1) is 5.41 Å². The van der Waals surface area contributed by atoms with Gasteiger partial charge in [0.1, 0.15) is 0 Å². The van der Waals surface area contributed by atoms with Crippen molar-refractivity contribution < 1.29 is 0 Å². The van der Waals surface area contributed by atoms with Gasteiger partial charge in [-0.05, 0) is 47.5 Å². The molecule has 0 N–H and O–H groups in total. The minimum Gasteiger partial charge on any atom is -0.309 e. The van der Waals surface area contributed by atoms with Gasteiger partial charge in [-0.15, -0.1) is 0 Å². The third kappa shape index (κ3) is 3.97. The SMILES string of the molecule is CN(C)CC(C)(C)CN1CC(c2ccccc2)=C2N=CC(c3ccsc3)=CN21. The van der Waals surface area contributed by atoms with E-state index in [9.17, 15) is 0 Å². The van der Waals surface area contributed by atoms with Crippen LogP contribution in [0.25, 0.3) is 11.1 Å². The number of aliphatic imine (C=N–C) groups is 1. The number of nitrogens with zero attached hydrogens (tertiary/aromatic N) is 4. The maximum Gasteiger partial charge on any atom is 0.152 e. The number of hydrogen-bond acceptors (Lipinski definition) is 5. The molecule has 0 fully saturated rings. The minimum absolute atomic E-state index is 0.165. The van der Waals surface area contributed by atoms with E-state index in [1.807, 2.05) is 6.21 Å². The molecule has 1 aromatic heterocycles. The van der Waals surface area contributed by atoms with Crippen molar-refractivity contribution in [3.63, 3.8) is 0 Å². The van der Waals surface area contributed by atoms with Gasteiger partial charge in [0, 0.05) is 43.2 Å². The van der Waals surface area contributed by atoms with Crippen molar-refractivity contribution in [2.24, 2.45) is 10.4 Å². The maximum absolute atomic E-state index is 4.89.